The van der Waals surface area contributed by atoms with Crippen molar-refractivity contribution in [2.45, 2.75) is 20.3 Å². The predicted octanol–water partition coefficient (Wildman–Crippen LogP) is 3.39. The first-order valence-electron chi connectivity index (χ1n) is 6.61. The van der Waals surface area contributed by atoms with E-state index in [1.807, 2.05) is 0 Å². The van der Waals surface area contributed by atoms with E-state index in [9.17, 15) is 4.79 Å². The van der Waals surface area contributed by atoms with Crippen molar-refractivity contribution in [1.82, 2.24) is 10.2 Å². The lowest BCUT2D eigenvalue weighted by Crippen LogP contribution is -2.19. The maximum absolute atomic E-state index is 11.9. The van der Waals surface area contributed by atoms with Gasteiger partial charge in [0.1, 0.15) is 10.8 Å². The molecule has 0 unspecified atom stereocenters. The molecular formula is C14H18N4O2S. The summed E-state index contributed by atoms with van der Waals surface area (Å²) in [7, 11) is 1.60. The Morgan fingerprint density at radius 2 is 1.95 bits per heavy atom. The number of hydrogen-bond acceptors (Lipinski definition) is 5. The van der Waals surface area contributed by atoms with E-state index in [0.717, 1.165) is 17.2 Å². The molecule has 2 rings (SSSR count). The number of aromatic nitrogens is 2. The number of ether oxygens (including phenoxy) is 1. The standard InChI is InChI=1S/C14H18N4O2S/c1-9(2)8-12-17-18-14(21-12)16-13(19)15-10-4-6-11(20-3)7-5-10/h4-7,9H,8H2,1-3H3,(H2,15,16,18,19). The monoisotopic (exact) mass is 306 g/mol. The fraction of sp³-hybridized carbons (Fsp3) is 0.357. The highest BCUT2D eigenvalue weighted by Crippen LogP contribution is 2.19. The highest BCUT2D eigenvalue weighted by atomic mass is 32.1. The van der Waals surface area contributed by atoms with Gasteiger partial charge in [0.15, 0.2) is 0 Å². The van der Waals surface area contributed by atoms with Crippen molar-refractivity contribution >= 4 is 28.2 Å². The van der Waals surface area contributed by atoms with Crippen molar-refractivity contribution in [2.24, 2.45) is 5.92 Å². The molecule has 7 heteroatoms. The Morgan fingerprint density at radius 1 is 1.24 bits per heavy atom. The number of urea groups is 1. The van der Waals surface area contributed by atoms with Gasteiger partial charge in [-0.15, -0.1) is 10.2 Å². The summed E-state index contributed by atoms with van der Waals surface area (Å²) in [5.74, 6) is 1.25. The Balaban J connectivity index is 1.90. The summed E-state index contributed by atoms with van der Waals surface area (Å²) in [5, 5.41) is 14.8. The molecule has 2 aromatic rings. The van der Waals surface area contributed by atoms with Gasteiger partial charge in [-0.3, -0.25) is 5.32 Å². The average molecular weight is 306 g/mol. The molecular weight excluding hydrogens is 288 g/mol. The second-order valence-corrected chi connectivity index (χ2v) is 5.97. The maximum atomic E-state index is 11.9. The van der Waals surface area contributed by atoms with Gasteiger partial charge in [-0.2, -0.15) is 0 Å². The largest absolute Gasteiger partial charge is 0.497 e. The predicted molar refractivity (Wildman–Crippen MR) is 84.1 cm³/mol. The van der Waals surface area contributed by atoms with Crippen molar-refractivity contribution in [3.63, 3.8) is 0 Å². The fourth-order valence-electron chi connectivity index (χ4n) is 1.67. The van der Waals surface area contributed by atoms with E-state index in [1.54, 1.807) is 31.4 Å². The molecule has 21 heavy (non-hydrogen) atoms. The lowest BCUT2D eigenvalue weighted by atomic mass is 10.1. The van der Waals surface area contributed by atoms with E-state index >= 15 is 0 Å². The smallest absolute Gasteiger partial charge is 0.325 e. The van der Waals surface area contributed by atoms with Crippen molar-refractivity contribution in [2.75, 3.05) is 17.7 Å². The molecule has 6 nitrogen and oxygen atoms in total. The molecule has 0 atom stereocenters. The van der Waals surface area contributed by atoms with E-state index in [-0.39, 0.29) is 6.03 Å². The van der Waals surface area contributed by atoms with Gasteiger partial charge < -0.3 is 10.1 Å². The first-order chi connectivity index (χ1) is 10.1. The van der Waals surface area contributed by atoms with E-state index < -0.39 is 0 Å². The summed E-state index contributed by atoms with van der Waals surface area (Å²) in [5.41, 5.74) is 0.681. The van der Waals surface area contributed by atoms with Gasteiger partial charge >= 0.3 is 6.03 Å². The number of nitrogens with zero attached hydrogens (tertiary/aromatic N) is 2. The molecule has 0 fully saturated rings. The molecule has 0 saturated heterocycles. The number of nitrogens with one attached hydrogen (secondary N) is 2. The van der Waals surface area contributed by atoms with E-state index in [4.69, 9.17) is 4.74 Å². The number of anilines is 2. The van der Waals surface area contributed by atoms with Crippen LogP contribution in [-0.4, -0.2) is 23.3 Å². The van der Waals surface area contributed by atoms with Crippen LogP contribution < -0.4 is 15.4 Å². The van der Waals surface area contributed by atoms with Gasteiger partial charge in [0, 0.05) is 12.1 Å². The van der Waals surface area contributed by atoms with Gasteiger partial charge in [0.2, 0.25) is 5.13 Å². The van der Waals surface area contributed by atoms with Gasteiger partial charge in [-0.25, -0.2) is 4.79 Å². The molecule has 0 spiro atoms. The number of amides is 2. The molecule has 0 radical (unpaired) electrons. The van der Waals surface area contributed by atoms with Crippen molar-refractivity contribution in [1.29, 1.82) is 0 Å². The second kappa shape index (κ2) is 7.03. The average Bonchev–Trinajstić information content (AvgIpc) is 2.85. The molecule has 2 N–H and O–H groups in total. The van der Waals surface area contributed by atoms with Crippen LogP contribution >= 0.6 is 11.3 Å². The summed E-state index contributed by atoms with van der Waals surface area (Å²) < 4.78 is 5.06. The zero-order valence-corrected chi connectivity index (χ0v) is 13.0. The summed E-state index contributed by atoms with van der Waals surface area (Å²) >= 11 is 1.39. The number of hydrogen-bond donors (Lipinski definition) is 2. The Kier molecular flexibility index (Phi) is 5.10. The lowest BCUT2D eigenvalue weighted by molar-refractivity contribution is 0.262. The molecule has 2 amide bonds. The summed E-state index contributed by atoms with van der Waals surface area (Å²) in [6.07, 6.45) is 0.861. The van der Waals surface area contributed by atoms with Crippen LogP contribution in [0.3, 0.4) is 0 Å². The van der Waals surface area contributed by atoms with Crippen molar-refractivity contribution in [3.05, 3.63) is 29.3 Å². The Bertz CT molecular complexity index is 595. The number of carbonyl (C=O) groups is 1. The first-order valence-corrected chi connectivity index (χ1v) is 7.43. The first kappa shape index (κ1) is 15.2. The minimum Gasteiger partial charge on any atom is -0.497 e. The number of methoxy groups -OCH3 is 1. The number of benzene rings is 1. The van der Waals surface area contributed by atoms with Crippen molar-refractivity contribution in [3.8, 4) is 5.75 Å². The Morgan fingerprint density at radius 3 is 2.57 bits per heavy atom. The zero-order valence-electron chi connectivity index (χ0n) is 12.2. The van der Waals surface area contributed by atoms with Gasteiger partial charge in [0.25, 0.3) is 0 Å². The minimum absolute atomic E-state index is 0.340. The van der Waals surface area contributed by atoms with E-state index in [1.165, 1.54) is 11.3 Å². The van der Waals surface area contributed by atoms with Crippen molar-refractivity contribution < 1.29 is 9.53 Å². The summed E-state index contributed by atoms with van der Waals surface area (Å²) in [6.45, 7) is 4.23. The number of rotatable bonds is 5. The summed E-state index contributed by atoms with van der Waals surface area (Å²) in [4.78, 5) is 11.9. The highest BCUT2D eigenvalue weighted by molar-refractivity contribution is 7.15. The van der Waals surface area contributed by atoms with Crippen LogP contribution in [0.4, 0.5) is 15.6 Å². The van der Waals surface area contributed by atoms with E-state index in [0.29, 0.717) is 16.7 Å². The lowest BCUT2D eigenvalue weighted by Gasteiger charge is -2.05. The molecule has 1 aromatic carbocycles. The third-order valence-electron chi connectivity index (χ3n) is 2.62. The highest BCUT2D eigenvalue weighted by Gasteiger charge is 2.09. The molecule has 0 aliphatic rings. The van der Waals surface area contributed by atoms with Crippen LogP contribution in [0.2, 0.25) is 0 Å². The van der Waals surface area contributed by atoms with Crippen LogP contribution in [-0.2, 0) is 6.42 Å². The SMILES string of the molecule is COc1ccc(NC(=O)Nc2nnc(CC(C)C)s2)cc1. The minimum atomic E-state index is -0.340. The van der Waals surface area contributed by atoms with Gasteiger partial charge in [0.05, 0.1) is 7.11 Å². The molecule has 0 aliphatic carbocycles. The third kappa shape index (κ3) is 4.71. The van der Waals surface area contributed by atoms with E-state index in [2.05, 4.69) is 34.7 Å². The van der Waals surface area contributed by atoms with Crippen LogP contribution in [0, 0.1) is 5.92 Å². The molecule has 1 aromatic heterocycles. The third-order valence-corrected chi connectivity index (χ3v) is 3.48. The van der Waals surface area contributed by atoms with Gasteiger partial charge in [-0.05, 0) is 30.2 Å². The molecule has 1 heterocycles. The molecule has 0 aliphatic heterocycles. The van der Waals surface area contributed by atoms with Crippen LogP contribution in [0.5, 0.6) is 5.75 Å². The molecule has 0 bridgehead atoms. The van der Waals surface area contributed by atoms with Crippen LogP contribution in [0.15, 0.2) is 24.3 Å². The van der Waals surface area contributed by atoms with Crippen LogP contribution in [0.25, 0.3) is 0 Å². The fourth-order valence-corrected chi connectivity index (χ4v) is 2.62. The van der Waals surface area contributed by atoms with Gasteiger partial charge in [-0.1, -0.05) is 25.2 Å². The topological polar surface area (TPSA) is 76.1 Å². The second-order valence-electron chi connectivity index (χ2n) is 4.91. The zero-order chi connectivity index (χ0) is 15.2. The molecule has 0 saturated carbocycles. The molecule has 112 valence electrons. The van der Waals surface area contributed by atoms with Crippen LogP contribution in [0.1, 0.15) is 18.9 Å². The number of carbonyl (C=O) groups excluding carboxylic acids is 1. The maximum Gasteiger partial charge on any atom is 0.325 e. The Hall–Kier alpha value is -2.15. The quantitative estimate of drug-likeness (QED) is 0.887. The Labute approximate surface area is 127 Å². The summed E-state index contributed by atoms with van der Waals surface area (Å²) in [6, 6.07) is 6.75. The normalized spacial score (nSPS) is 10.5.